The lowest BCUT2D eigenvalue weighted by Gasteiger charge is -2.17. The van der Waals surface area contributed by atoms with E-state index in [1.54, 1.807) is 0 Å². The summed E-state index contributed by atoms with van der Waals surface area (Å²) in [5.41, 5.74) is 0. The standard InChI is InChI=1S/C33H64N2/c1-3-5-7-9-11-13-15-16-17-19-21-23-25-27-33(28-30-35-31-29-34-32-35)26-24-22-20-18-14-12-10-8-6-4-2/h29,31-33H,3-28,30H2,1-2H3. The van der Waals surface area contributed by atoms with Crippen molar-refractivity contribution in [3.63, 3.8) is 0 Å². The van der Waals surface area contributed by atoms with E-state index in [0.717, 1.165) is 12.5 Å². The third-order valence-corrected chi connectivity index (χ3v) is 8.04. The fourth-order valence-corrected chi connectivity index (χ4v) is 5.55. The molecule has 2 nitrogen and oxygen atoms in total. The van der Waals surface area contributed by atoms with Crippen LogP contribution < -0.4 is 0 Å². The van der Waals surface area contributed by atoms with Crippen molar-refractivity contribution in [1.82, 2.24) is 9.55 Å². The van der Waals surface area contributed by atoms with Gasteiger partial charge in [0.15, 0.2) is 0 Å². The highest BCUT2D eigenvalue weighted by atomic mass is 15.0. The van der Waals surface area contributed by atoms with Gasteiger partial charge < -0.3 is 4.57 Å². The Morgan fingerprint density at radius 1 is 0.486 bits per heavy atom. The Hall–Kier alpha value is -0.790. The minimum Gasteiger partial charge on any atom is -0.337 e. The Morgan fingerprint density at radius 3 is 1.20 bits per heavy atom. The number of imidazole rings is 1. The second-order valence-corrected chi connectivity index (χ2v) is 11.5. The van der Waals surface area contributed by atoms with Gasteiger partial charge in [-0.15, -0.1) is 0 Å². The van der Waals surface area contributed by atoms with Gasteiger partial charge in [-0.1, -0.05) is 174 Å². The maximum atomic E-state index is 4.23. The number of rotatable bonds is 28. The summed E-state index contributed by atoms with van der Waals surface area (Å²) in [5.74, 6) is 0.916. The molecule has 206 valence electrons. The van der Waals surface area contributed by atoms with Gasteiger partial charge in [0, 0.05) is 18.9 Å². The third kappa shape index (κ3) is 22.2. The molecule has 0 spiro atoms. The predicted octanol–water partition coefficient (Wildman–Crippen LogP) is 11.7. The van der Waals surface area contributed by atoms with Crippen LogP contribution in [0.15, 0.2) is 18.7 Å². The van der Waals surface area contributed by atoms with Crippen molar-refractivity contribution in [3.05, 3.63) is 18.7 Å². The SMILES string of the molecule is CCCCCCCCCCCCCCCC(CCCCCCCCCCCC)CCn1ccnc1. The van der Waals surface area contributed by atoms with Crippen molar-refractivity contribution in [3.8, 4) is 0 Å². The molecule has 0 amide bonds. The van der Waals surface area contributed by atoms with Crippen molar-refractivity contribution in [1.29, 1.82) is 0 Å². The van der Waals surface area contributed by atoms with Crippen molar-refractivity contribution in [2.45, 2.75) is 187 Å². The zero-order valence-electron chi connectivity index (χ0n) is 24.3. The fourth-order valence-electron chi connectivity index (χ4n) is 5.55. The summed E-state index contributed by atoms with van der Waals surface area (Å²) in [4.78, 5) is 4.23. The van der Waals surface area contributed by atoms with Crippen LogP contribution in [0.5, 0.6) is 0 Å². The molecule has 1 aromatic heterocycles. The van der Waals surface area contributed by atoms with Crippen molar-refractivity contribution < 1.29 is 0 Å². The third-order valence-electron chi connectivity index (χ3n) is 8.04. The molecule has 0 bridgehead atoms. The highest BCUT2D eigenvalue weighted by molar-refractivity contribution is 4.74. The Balaban J connectivity index is 2.02. The smallest absolute Gasteiger partial charge is 0.0945 e. The number of nitrogens with zero attached hydrogens (tertiary/aromatic N) is 2. The molecule has 1 heterocycles. The molecular formula is C33H64N2. The molecule has 0 saturated carbocycles. The van der Waals surface area contributed by atoms with E-state index in [1.807, 2.05) is 12.5 Å². The minimum atomic E-state index is 0.916. The Kier molecular flexibility index (Phi) is 24.2. The summed E-state index contributed by atoms with van der Waals surface area (Å²) >= 11 is 0. The average Bonchev–Trinajstić information content (AvgIpc) is 3.39. The summed E-state index contributed by atoms with van der Waals surface area (Å²) in [7, 11) is 0. The topological polar surface area (TPSA) is 17.8 Å². The number of aromatic nitrogens is 2. The molecule has 0 aliphatic heterocycles. The molecule has 1 aromatic rings. The summed E-state index contributed by atoms with van der Waals surface area (Å²) in [6, 6.07) is 0. The van der Waals surface area contributed by atoms with E-state index in [4.69, 9.17) is 0 Å². The van der Waals surface area contributed by atoms with E-state index >= 15 is 0 Å². The lowest BCUT2D eigenvalue weighted by atomic mass is 9.91. The fraction of sp³-hybridized carbons (Fsp3) is 0.909. The summed E-state index contributed by atoms with van der Waals surface area (Å²) in [5, 5.41) is 0. The molecule has 0 aliphatic rings. The molecule has 1 atom stereocenters. The van der Waals surface area contributed by atoms with Gasteiger partial charge in [-0.2, -0.15) is 0 Å². The van der Waals surface area contributed by atoms with Crippen molar-refractivity contribution in [2.75, 3.05) is 0 Å². The van der Waals surface area contributed by atoms with Gasteiger partial charge >= 0.3 is 0 Å². The minimum absolute atomic E-state index is 0.916. The van der Waals surface area contributed by atoms with E-state index in [9.17, 15) is 0 Å². The first-order chi connectivity index (χ1) is 17.4. The van der Waals surface area contributed by atoms with Crippen LogP contribution in [-0.2, 0) is 6.54 Å². The molecule has 0 N–H and O–H groups in total. The van der Waals surface area contributed by atoms with Crippen LogP contribution in [0.1, 0.15) is 181 Å². The van der Waals surface area contributed by atoms with Gasteiger partial charge in [0.1, 0.15) is 0 Å². The number of unbranched alkanes of at least 4 members (excludes halogenated alkanes) is 21. The van der Waals surface area contributed by atoms with Crippen LogP contribution in [-0.4, -0.2) is 9.55 Å². The Bertz CT molecular complexity index is 495. The zero-order valence-corrected chi connectivity index (χ0v) is 24.3. The van der Waals surface area contributed by atoms with E-state index < -0.39 is 0 Å². The number of hydrogen-bond acceptors (Lipinski definition) is 1. The Labute approximate surface area is 221 Å². The van der Waals surface area contributed by atoms with Gasteiger partial charge in [-0.25, -0.2) is 4.98 Å². The van der Waals surface area contributed by atoms with E-state index in [1.165, 1.54) is 167 Å². The summed E-state index contributed by atoms with van der Waals surface area (Å²) in [6.45, 7) is 5.77. The zero-order chi connectivity index (χ0) is 25.1. The summed E-state index contributed by atoms with van der Waals surface area (Å²) < 4.78 is 2.27. The quantitative estimate of drug-likeness (QED) is 0.107. The lowest BCUT2D eigenvalue weighted by molar-refractivity contribution is 0.361. The average molecular weight is 489 g/mol. The molecule has 0 aliphatic carbocycles. The molecule has 0 fully saturated rings. The lowest BCUT2D eigenvalue weighted by Crippen LogP contribution is -2.06. The number of hydrogen-bond donors (Lipinski definition) is 0. The second-order valence-electron chi connectivity index (χ2n) is 11.5. The van der Waals surface area contributed by atoms with Gasteiger partial charge in [0.05, 0.1) is 6.33 Å². The molecular weight excluding hydrogens is 424 g/mol. The predicted molar refractivity (Wildman–Crippen MR) is 157 cm³/mol. The van der Waals surface area contributed by atoms with E-state index in [2.05, 4.69) is 29.6 Å². The molecule has 0 radical (unpaired) electrons. The second kappa shape index (κ2) is 26.3. The molecule has 1 unspecified atom stereocenters. The van der Waals surface area contributed by atoms with Gasteiger partial charge in [-0.05, 0) is 12.3 Å². The maximum Gasteiger partial charge on any atom is 0.0945 e. The molecule has 2 heteroatoms. The normalized spacial score (nSPS) is 12.4. The molecule has 35 heavy (non-hydrogen) atoms. The maximum absolute atomic E-state index is 4.23. The van der Waals surface area contributed by atoms with Crippen molar-refractivity contribution in [2.24, 2.45) is 5.92 Å². The van der Waals surface area contributed by atoms with Crippen LogP contribution >= 0.6 is 0 Å². The van der Waals surface area contributed by atoms with Crippen LogP contribution in [0.4, 0.5) is 0 Å². The van der Waals surface area contributed by atoms with Crippen LogP contribution in [0.3, 0.4) is 0 Å². The summed E-state index contributed by atoms with van der Waals surface area (Å²) in [6.07, 6.45) is 43.6. The van der Waals surface area contributed by atoms with Gasteiger partial charge in [0.2, 0.25) is 0 Å². The monoisotopic (exact) mass is 489 g/mol. The first-order valence-corrected chi connectivity index (χ1v) is 16.3. The highest BCUT2D eigenvalue weighted by Gasteiger charge is 2.09. The van der Waals surface area contributed by atoms with Crippen LogP contribution in [0, 0.1) is 5.92 Å². The van der Waals surface area contributed by atoms with Crippen LogP contribution in [0.25, 0.3) is 0 Å². The first-order valence-electron chi connectivity index (χ1n) is 16.3. The van der Waals surface area contributed by atoms with Crippen LogP contribution in [0.2, 0.25) is 0 Å². The largest absolute Gasteiger partial charge is 0.337 e. The first kappa shape index (κ1) is 32.2. The number of aryl methyl sites for hydroxylation is 1. The molecule has 0 aromatic carbocycles. The van der Waals surface area contributed by atoms with Crippen molar-refractivity contribution >= 4 is 0 Å². The van der Waals surface area contributed by atoms with E-state index in [-0.39, 0.29) is 0 Å². The highest BCUT2D eigenvalue weighted by Crippen LogP contribution is 2.23. The Morgan fingerprint density at radius 2 is 0.857 bits per heavy atom. The van der Waals surface area contributed by atoms with E-state index in [0.29, 0.717) is 0 Å². The van der Waals surface area contributed by atoms with Gasteiger partial charge in [-0.3, -0.25) is 0 Å². The molecule has 0 saturated heterocycles. The van der Waals surface area contributed by atoms with Gasteiger partial charge in [0.25, 0.3) is 0 Å². The molecule has 1 rings (SSSR count).